The zero-order valence-electron chi connectivity index (χ0n) is 17.8. The topological polar surface area (TPSA) is 147 Å². The molecule has 32 heavy (non-hydrogen) atoms. The molecule has 10 heteroatoms. The maximum Gasteiger partial charge on any atom is 0.326 e. The van der Waals surface area contributed by atoms with Crippen LogP contribution in [0.15, 0.2) is 41.0 Å². The van der Waals surface area contributed by atoms with Crippen LogP contribution in [0.2, 0.25) is 0 Å². The van der Waals surface area contributed by atoms with Crippen LogP contribution in [0.1, 0.15) is 36.7 Å². The maximum atomic E-state index is 11.9. The zero-order valence-corrected chi connectivity index (χ0v) is 17.8. The monoisotopic (exact) mass is 445 g/mol. The molecule has 0 fully saturated rings. The second kappa shape index (κ2) is 12.8. The summed E-state index contributed by atoms with van der Waals surface area (Å²) in [5.41, 5.74) is 1.85. The first-order valence-corrected chi connectivity index (χ1v) is 10.1. The number of amides is 3. The molecule has 4 N–H and O–H groups in total. The summed E-state index contributed by atoms with van der Waals surface area (Å²) in [5, 5.41) is 16.6. The van der Waals surface area contributed by atoms with E-state index in [1.54, 1.807) is 6.26 Å². The molecule has 2 rings (SSSR count). The van der Waals surface area contributed by atoms with Gasteiger partial charge in [0.25, 0.3) is 0 Å². The Hall–Kier alpha value is -3.82. The van der Waals surface area contributed by atoms with Gasteiger partial charge in [-0.15, -0.1) is 0 Å². The van der Waals surface area contributed by atoms with Gasteiger partial charge in [-0.2, -0.15) is 0 Å². The molecular weight excluding hydrogens is 418 g/mol. The van der Waals surface area contributed by atoms with E-state index in [0.29, 0.717) is 44.0 Å². The van der Waals surface area contributed by atoms with E-state index in [4.69, 9.17) is 14.3 Å². The smallest absolute Gasteiger partial charge is 0.326 e. The number of rotatable bonds is 14. The Morgan fingerprint density at radius 3 is 2.59 bits per heavy atom. The average molecular weight is 445 g/mol. The van der Waals surface area contributed by atoms with Crippen molar-refractivity contribution in [1.29, 1.82) is 0 Å². The van der Waals surface area contributed by atoms with E-state index in [0.717, 1.165) is 11.1 Å². The second-order valence-electron chi connectivity index (χ2n) is 7.08. The fraction of sp³-hybridized carbons (Fsp3) is 0.364. The minimum absolute atomic E-state index is 0.00492. The van der Waals surface area contributed by atoms with Crippen LogP contribution < -0.4 is 20.7 Å². The minimum atomic E-state index is -1.17. The molecule has 0 bridgehead atoms. The normalized spacial score (nSPS) is 11.3. The number of carbonyl (C=O) groups is 4. The van der Waals surface area contributed by atoms with Crippen LogP contribution in [-0.2, 0) is 38.8 Å². The van der Waals surface area contributed by atoms with Crippen molar-refractivity contribution in [2.75, 3.05) is 6.54 Å². The number of carboxylic acid groups (broad SMARTS) is 1. The average Bonchev–Trinajstić information content (AvgIpc) is 3.22. The van der Waals surface area contributed by atoms with Crippen LogP contribution >= 0.6 is 0 Å². The number of hydrogen-bond acceptors (Lipinski definition) is 6. The van der Waals surface area contributed by atoms with Crippen LogP contribution in [0.25, 0.3) is 0 Å². The van der Waals surface area contributed by atoms with Crippen LogP contribution in [0, 0.1) is 0 Å². The Labute approximate surface area is 185 Å². The van der Waals surface area contributed by atoms with Gasteiger partial charge in [-0.3, -0.25) is 14.4 Å². The SMILES string of the molecule is CC(=O)N[C@@H](CCC(=O)NCCc1ccc(OCc2coc(CNC=O)c2)cc1)C(=O)O. The molecule has 1 aromatic carbocycles. The van der Waals surface area contributed by atoms with E-state index >= 15 is 0 Å². The van der Waals surface area contributed by atoms with Crippen molar-refractivity contribution in [2.45, 2.75) is 45.4 Å². The predicted molar refractivity (Wildman–Crippen MR) is 114 cm³/mol. The molecule has 0 unspecified atom stereocenters. The van der Waals surface area contributed by atoms with Gasteiger partial charge in [0.2, 0.25) is 18.2 Å². The van der Waals surface area contributed by atoms with Crippen molar-refractivity contribution >= 4 is 24.2 Å². The number of hydrogen-bond donors (Lipinski definition) is 4. The lowest BCUT2D eigenvalue weighted by atomic mass is 10.1. The molecule has 0 saturated carbocycles. The van der Waals surface area contributed by atoms with E-state index in [1.165, 1.54) is 6.92 Å². The molecule has 1 atom stereocenters. The first-order valence-electron chi connectivity index (χ1n) is 10.1. The van der Waals surface area contributed by atoms with Gasteiger partial charge in [0.05, 0.1) is 12.8 Å². The van der Waals surface area contributed by atoms with E-state index in [-0.39, 0.29) is 18.7 Å². The Balaban J connectivity index is 1.68. The van der Waals surface area contributed by atoms with Gasteiger partial charge >= 0.3 is 5.97 Å². The highest BCUT2D eigenvalue weighted by atomic mass is 16.5. The molecule has 0 spiro atoms. The standard InChI is InChI=1S/C22H27N3O7/c1-15(27)25-20(22(29)30)6-7-21(28)24-9-8-16-2-4-18(5-3-16)31-12-17-10-19(32-13-17)11-23-14-26/h2-5,10,13-14,20H,6-9,11-12H2,1H3,(H,23,26)(H,24,28)(H,25,27)(H,29,30)/t20-/m0/s1. The highest BCUT2D eigenvalue weighted by Gasteiger charge is 2.19. The van der Waals surface area contributed by atoms with Gasteiger partial charge in [-0.25, -0.2) is 4.79 Å². The summed E-state index contributed by atoms with van der Waals surface area (Å²) in [6.45, 7) is 2.29. The van der Waals surface area contributed by atoms with Crippen molar-refractivity contribution in [2.24, 2.45) is 0 Å². The summed E-state index contributed by atoms with van der Waals surface area (Å²) in [6.07, 6.45) is 2.82. The molecule has 1 aromatic heterocycles. The number of carboxylic acids is 1. The largest absolute Gasteiger partial charge is 0.489 e. The van der Waals surface area contributed by atoms with Gasteiger partial charge in [0, 0.05) is 25.5 Å². The fourth-order valence-corrected chi connectivity index (χ4v) is 2.87. The van der Waals surface area contributed by atoms with Gasteiger partial charge in [0.1, 0.15) is 24.2 Å². The van der Waals surface area contributed by atoms with Crippen molar-refractivity contribution in [3.05, 3.63) is 53.5 Å². The van der Waals surface area contributed by atoms with Crippen molar-refractivity contribution in [3.63, 3.8) is 0 Å². The van der Waals surface area contributed by atoms with Crippen molar-refractivity contribution in [3.8, 4) is 5.75 Å². The van der Waals surface area contributed by atoms with Crippen molar-refractivity contribution < 1.29 is 33.4 Å². The fourth-order valence-electron chi connectivity index (χ4n) is 2.87. The molecule has 0 aliphatic rings. The number of furan rings is 1. The summed E-state index contributed by atoms with van der Waals surface area (Å²) in [6, 6.07) is 8.18. The number of nitrogens with one attached hydrogen (secondary N) is 3. The molecule has 0 radical (unpaired) electrons. The summed E-state index contributed by atoms with van der Waals surface area (Å²) in [4.78, 5) is 44.3. The third kappa shape index (κ3) is 8.90. The van der Waals surface area contributed by atoms with Crippen LogP contribution in [0.4, 0.5) is 0 Å². The molecule has 3 amide bonds. The first-order chi connectivity index (χ1) is 15.4. The molecule has 172 valence electrons. The highest BCUT2D eigenvalue weighted by Crippen LogP contribution is 2.16. The lowest BCUT2D eigenvalue weighted by molar-refractivity contribution is -0.141. The Morgan fingerprint density at radius 1 is 1.19 bits per heavy atom. The Bertz CT molecular complexity index is 909. The number of ether oxygens (including phenoxy) is 1. The van der Waals surface area contributed by atoms with E-state index in [1.807, 2.05) is 30.3 Å². The van der Waals surface area contributed by atoms with E-state index < -0.39 is 17.9 Å². The second-order valence-corrected chi connectivity index (χ2v) is 7.08. The third-order valence-corrected chi connectivity index (χ3v) is 4.47. The predicted octanol–water partition coefficient (Wildman–Crippen LogP) is 1.13. The quantitative estimate of drug-likeness (QED) is 0.319. The minimum Gasteiger partial charge on any atom is -0.489 e. The number of benzene rings is 1. The highest BCUT2D eigenvalue weighted by molar-refractivity contribution is 5.83. The van der Waals surface area contributed by atoms with E-state index in [2.05, 4.69) is 16.0 Å². The molecule has 0 aliphatic heterocycles. The Morgan fingerprint density at radius 2 is 1.94 bits per heavy atom. The zero-order chi connectivity index (χ0) is 23.3. The summed E-state index contributed by atoms with van der Waals surface area (Å²) >= 11 is 0. The first kappa shape index (κ1) is 24.4. The molecule has 1 heterocycles. The molecule has 2 aromatic rings. The number of carbonyl (C=O) groups excluding carboxylic acids is 3. The van der Waals surface area contributed by atoms with Gasteiger partial charge in [-0.1, -0.05) is 12.1 Å². The molecule has 0 saturated heterocycles. The third-order valence-electron chi connectivity index (χ3n) is 4.47. The number of aliphatic carboxylic acids is 1. The van der Waals surface area contributed by atoms with Gasteiger partial charge < -0.3 is 30.2 Å². The summed E-state index contributed by atoms with van der Waals surface area (Å²) < 4.78 is 11.0. The lowest BCUT2D eigenvalue weighted by Gasteiger charge is -2.13. The Kier molecular flexibility index (Phi) is 9.76. The summed E-state index contributed by atoms with van der Waals surface area (Å²) in [5.74, 6) is -0.569. The van der Waals surface area contributed by atoms with Crippen LogP contribution in [-0.4, -0.2) is 41.9 Å². The maximum absolute atomic E-state index is 11.9. The molecular formula is C22H27N3O7. The summed E-state index contributed by atoms with van der Waals surface area (Å²) in [7, 11) is 0. The van der Waals surface area contributed by atoms with Crippen LogP contribution in [0.3, 0.4) is 0 Å². The van der Waals surface area contributed by atoms with Crippen LogP contribution in [0.5, 0.6) is 5.75 Å². The lowest BCUT2D eigenvalue weighted by Crippen LogP contribution is -2.40. The molecule has 0 aliphatic carbocycles. The van der Waals surface area contributed by atoms with Crippen molar-refractivity contribution in [1.82, 2.24) is 16.0 Å². The van der Waals surface area contributed by atoms with Gasteiger partial charge in [-0.05, 0) is 36.6 Å². The molecule has 10 nitrogen and oxygen atoms in total. The van der Waals surface area contributed by atoms with Gasteiger partial charge in [0.15, 0.2) is 0 Å². The van der Waals surface area contributed by atoms with E-state index in [9.17, 15) is 19.2 Å².